The van der Waals surface area contributed by atoms with Gasteiger partial charge in [0.2, 0.25) is 0 Å². The van der Waals surface area contributed by atoms with E-state index in [-0.39, 0.29) is 5.91 Å². The summed E-state index contributed by atoms with van der Waals surface area (Å²) < 4.78 is 7.88. The van der Waals surface area contributed by atoms with Crippen LogP contribution in [0.4, 0.5) is 0 Å². The van der Waals surface area contributed by atoms with Gasteiger partial charge in [-0.05, 0) is 18.2 Å². The van der Waals surface area contributed by atoms with Crippen molar-refractivity contribution in [2.75, 3.05) is 26.3 Å². The van der Waals surface area contributed by atoms with E-state index in [4.69, 9.17) is 17.0 Å². The largest absolute Gasteiger partial charge is 0.379 e. The molecule has 5 nitrogen and oxygen atoms in total. The zero-order chi connectivity index (χ0) is 14.1. The molecular formula is C13H15N3O2S2. The quantitative estimate of drug-likeness (QED) is 0.611. The number of thioether (sulfide) groups is 1. The summed E-state index contributed by atoms with van der Waals surface area (Å²) in [6, 6.07) is 3.93. The molecule has 7 heteroatoms. The monoisotopic (exact) mass is 309 g/mol. The molecule has 2 aliphatic rings. The third-order valence-electron chi connectivity index (χ3n) is 3.31. The molecule has 2 saturated heterocycles. The fraction of sp³-hybridized carbons (Fsp3) is 0.385. The van der Waals surface area contributed by atoms with Crippen molar-refractivity contribution in [2.45, 2.75) is 0 Å². The fourth-order valence-corrected chi connectivity index (χ4v) is 3.51. The van der Waals surface area contributed by atoms with Crippen molar-refractivity contribution in [1.29, 1.82) is 0 Å². The minimum Gasteiger partial charge on any atom is -0.379 e. The lowest BCUT2D eigenvalue weighted by molar-refractivity contribution is -0.138. The third kappa shape index (κ3) is 2.54. The van der Waals surface area contributed by atoms with Crippen molar-refractivity contribution in [3.05, 3.63) is 28.9 Å². The molecule has 1 amide bonds. The highest BCUT2D eigenvalue weighted by Gasteiger charge is 2.36. The molecule has 1 aromatic rings. The molecule has 0 aliphatic carbocycles. The number of thiocarbonyl (C=S) groups is 1. The maximum absolute atomic E-state index is 12.5. The molecule has 3 heterocycles. The Labute approximate surface area is 127 Å². The lowest BCUT2D eigenvalue weighted by atomic mass is 10.3. The molecule has 0 atom stereocenters. The molecule has 0 saturated carbocycles. The van der Waals surface area contributed by atoms with Crippen LogP contribution in [0.3, 0.4) is 0 Å². The Morgan fingerprint density at radius 1 is 1.40 bits per heavy atom. The van der Waals surface area contributed by atoms with Crippen molar-refractivity contribution < 1.29 is 9.53 Å². The maximum atomic E-state index is 12.5. The van der Waals surface area contributed by atoms with Gasteiger partial charge in [-0.15, -0.1) is 0 Å². The van der Waals surface area contributed by atoms with Gasteiger partial charge >= 0.3 is 0 Å². The molecule has 3 rings (SSSR count). The molecule has 2 aliphatic heterocycles. The SMILES string of the molecule is Cn1cccc1/C=C1\SC(=S)N(N2CCOCC2)C1=O. The predicted octanol–water partition coefficient (Wildman–Crippen LogP) is 1.47. The van der Waals surface area contributed by atoms with Crippen LogP contribution in [0.25, 0.3) is 6.08 Å². The van der Waals surface area contributed by atoms with Gasteiger partial charge in [0.1, 0.15) is 0 Å². The van der Waals surface area contributed by atoms with E-state index in [0.717, 1.165) is 5.69 Å². The van der Waals surface area contributed by atoms with Gasteiger partial charge in [-0.25, -0.2) is 10.0 Å². The van der Waals surface area contributed by atoms with Crippen LogP contribution in [0.2, 0.25) is 0 Å². The Morgan fingerprint density at radius 2 is 2.15 bits per heavy atom. The van der Waals surface area contributed by atoms with E-state index in [1.165, 1.54) is 11.8 Å². The summed E-state index contributed by atoms with van der Waals surface area (Å²) in [7, 11) is 1.95. The van der Waals surface area contributed by atoms with E-state index in [0.29, 0.717) is 35.5 Å². The Morgan fingerprint density at radius 3 is 2.80 bits per heavy atom. The third-order valence-corrected chi connectivity index (χ3v) is 4.59. The number of rotatable bonds is 2. The molecule has 2 fully saturated rings. The summed E-state index contributed by atoms with van der Waals surface area (Å²) in [5.41, 5.74) is 0.993. The molecule has 106 valence electrons. The average Bonchev–Trinajstić information content (AvgIpc) is 2.96. The minimum absolute atomic E-state index is 0.0388. The maximum Gasteiger partial charge on any atom is 0.281 e. The van der Waals surface area contributed by atoms with E-state index < -0.39 is 0 Å². The Balaban J connectivity index is 1.83. The number of aromatic nitrogens is 1. The highest BCUT2D eigenvalue weighted by molar-refractivity contribution is 8.26. The predicted molar refractivity (Wildman–Crippen MR) is 82.8 cm³/mol. The van der Waals surface area contributed by atoms with Gasteiger partial charge in [0, 0.05) is 32.0 Å². The van der Waals surface area contributed by atoms with Crippen LogP contribution in [-0.2, 0) is 16.6 Å². The number of carbonyl (C=O) groups excluding carboxylic acids is 1. The Kier molecular flexibility index (Phi) is 3.93. The van der Waals surface area contributed by atoms with Crippen LogP contribution in [0.5, 0.6) is 0 Å². The van der Waals surface area contributed by atoms with Gasteiger partial charge < -0.3 is 9.30 Å². The minimum atomic E-state index is -0.0388. The molecule has 0 N–H and O–H groups in total. The molecule has 0 aromatic carbocycles. The van der Waals surface area contributed by atoms with Crippen molar-refractivity contribution in [2.24, 2.45) is 7.05 Å². The molecular weight excluding hydrogens is 294 g/mol. The lowest BCUT2D eigenvalue weighted by Crippen LogP contribution is -2.50. The van der Waals surface area contributed by atoms with Crippen LogP contribution >= 0.6 is 24.0 Å². The topological polar surface area (TPSA) is 37.7 Å². The number of nitrogens with zero attached hydrogens (tertiary/aromatic N) is 3. The van der Waals surface area contributed by atoms with E-state index in [1.807, 2.05) is 41.0 Å². The number of hydrogen-bond acceptors (Lipinski definition) is 5. The van der Waals surface area contributed by atoms with E-state index in [1.54, 1.807) is 5.01 Å². The zero-order valence-electron chi connectivity index (χ0n) is 11.1. The number of amides is 1. The van der Waals surface area contributed by atoms with Crippen LogP contribution in [0, 0.1) is 0 Å². The molecule has 0 radical (unpaired) electrons. The van der Waals surface area contributed by atoms with E-state index in [9.17, 15) is 4.79 Å². The van der Waals surface area contributed by atoms with Gasteiger partial charge in [-0.2, -0.15) is 0 Å². The molecule has 0 unspecified atom stereocenters. The van der Waals surface area contributed by atoms with Crippen molar-refractivity contribution in [3.63, 3.8) is 0 Å². The lowest BCUT2D eigenvalue weighted by Gasteiger charge is -2.33. The summed E-state index contributed by atoms with van der Waals surface area (Å²) in [5, 5.41) is 3.57. The van der Waals surface area contributed by atoms with Crippen LogP contribution in [0.15, 0.2) is 23.2 Å². The second-order valence-electron chi connectivity index (χ2n) is 4.60. The number of carbonyl (C=O) groups is 1. The summed E-state index contributed by atoms with van der Waals surface area (Å²) in [5.74, 6) is -0.0388. The number of aryl methyl sites for hydroxylation is 1. The summed E-state index contributed by atoms with van der Waals surface area (Å²) in [6.45, 7) is 2.66. The molecule has 1 aromatic heterocycles. The highest BCUT2D eigenvalue weighted by atomic mass is 32.2. The standard InChI is InChI=1S/C13H15N3O2S2/c1-14-4-2-3-10(14)9-11-12(17)16(13(19)20-11)15-5-7-18-8-6-15/h2-4,9H,5-8H2,1H3/b11-9-. The molecule has 20 heavy (non-hydrogen) atoms. The first-order valence-electron chi connectivity index (χ1n) is 6.39. The van der Waals surface area contributed by atoms with Gasteiger partial charge in [0.05, 0.1) is 18.1 Å². The van der Waals surface area contributed by atoms with Gasteiger partial charge in [-0.1, -0.05) is 24.0 Å². The smallest absolute Gasteiger partial charge is 0.281 e. The first kappa shape index (κ1) is 13.8. The summed E-state index contributed by atoms with van der Waals surface area (Å²) >= 11 is 6.70. The second-order valence-corrected chi connectivity index (χ2v) is 6.28. The number of hydrogen-bond donors (Lipinski definition) is 0. The summed E-state index contributed by atoms with van der Waals surface area (Å²) in [4.78, 5) is 13.2. The molecule has 0 spiro atoms. The first-order valence-corrected chi connectivity index (χ1v) is 7.61. The van der Waals surface area contributed by atoms with E-state index >= 15 is 0 Å². The first-order chi connectivity index (χ1) is 9.66. The second kappa shape index (κ2) is 5.69. The van der Waals surface area contributed by atoms with E-state index in [2.05, 4.69) is 0 Å². The Hall–Kier alpha value is -1.15. The van der Waals surface area contributed by atoms with Gasteiger partial charge in [-0.3, -0.25) is 4.79 Å². The fourth-order valence-electron chi connectivity index (χ4n) is 2.22. The van der Waals surface area contributed by atoms with Crippen LogP contribution in [0.1, 0.15) is 5.69 Å². The highest BCUT2D eigenvalue weighted by Crippen LogP contribution is 2.33. The number of morpholine rings is 1. The van der Waals surface area contributed by atoms with Crippen molar-refractivity contribution >= 4 is 40.3 Å². The van der Waals surface area contributed by atoms with Crippen LogP contribution in [-0.4, -0.2) is 51.1 Å². The zero-order valence-corrected chi connectivity index (χ0v) is 12.7. The van der Waals surface area contributed by atoms with Crippen molar-refractivity contribution in [3.8, 4) is 0 Å². The Bertz CT molecular complexity index is 576. The molecule has 0 bridgehead atoms. The van der Waals surface area contributed by atoms with Gasteiger partial charge in [0.15, 0.2) is 4.32 Å². The normalized spacial score (nSPS) is 23.1. The number of ether oxygens (including phenoxy) is 1. The average molecular weight is 309 g/mol. The van der Waals surface area contributed by atoms with Gasteiger partial charge in [0.25, 0.3) is 5.91 Å². The summed E-state index contributed by atoms with van der Waals surface area (Å²) in [6.07, 6.45) is 3.84. The van der Waals surface area contributed by atoms with Crippen molar-refractivity contribution in [1.82, 2.24) is 14.6 Å². The number of hydrazine groups is 1. The van der Waals surface area contributed by atoms with Crippen LogP contribution < -0.4 is 0 Å².